The van der Waals surface area contributed by atoms with Crippen LogP contribution in [0.15, 0.2) is 59.7 Å². The fourth-order valence-corrected chi connectivity index (χ4v) is 7.98. The molecule has 0 aliphatic rings. The number of aliphatic hydroxyl groups excluding tert-OH is 1. The van der Waals surface area contributed by atoms with Gasteiger partial charge in [0.05, 0.1) is 25.5 Å². The lowest BCUT2D eigenvalue weighted by atomic mass is 9.98. The van der Waals surface area contributed by atoms with Crippen molar-refractivity contribution in [1.29, 1.82) is 0 Å². The Kier molecular flexibility index (Phi) is 26.6. The van der Waals surface area contributed by atoms with Crippen LogP contribution in [0.3, 0.4) is 0 Å². The smallest absolute Gasteiger partial charge is 0.326 e. The van der Waals surface area contributed by atoms with Crippen molar-refractivity contribution < 1.29 is 83.1 Å². The van der Waals surface area contributed by atoms with E-state index in [1.54, 1.807) is 31.2 Å². The molecule has 3 rings (SSSR count). The van der Waals surface area contributed by atoms with Gasteiger partial charge in [-0.15, -0.1) is 0 Å². The van der Waals surface area contributed by atoms with Crippen molar-refractivity contribution in [3.05, 3.63) is 65.9 Å². The molecule has 31 nitrogen and oxygen atoms in total. The summed E-state index contributed by atoms with van der Waals surface area (Å²) in [5.74, 6) is -15.1. The zero-order valence-electron chi connectivity index (χ0n) is 45.1. The van der Waals surface area contributed by atoms with E-state index in [2.05, 4.69) is 52.5 Å². The topological polar surface area (TPSA) is 534 Å². The van der Waals surface area contributed by atoms with Crippen LogP contribution >= 0.6 is 0 Å². The lowest BCUT2D eigenvalue weighted by Crippen LogP contribution is -2.61. The van der Waals surface area contributed by atoms with E-state index in [0.717, 1.165) is 0 Å². The average Bonchev–Trinajstić information content (AvgIpc) is 3.94. The Morgan fingerprint density at radius 2 is 1.12 bits per heavy atom. The maximum Gasteiger partial charge on any atom is 0.326 e. The zero-order chi connectivity index (χ0) is 61.4. The maximum atomic E-state index is 14.5. The summed E-state index contributed by atoms with van der Waals surface area (Å²) < 4.78 is 0. The number of phenols is 1. The highest BCUT2D eigenvalue weighted by Crippen LogP contribution is 2.20. The number of para-hydroxylation sites is 1. The van der Waals surface area contributed by atoms with Crippen LogP contribution in [-0.2, 0) is 70.4 Å². The number of aliphatic imine (C=N–C) groups is 1. The number of carbonyl (C=O) groups excluding carboxylic acids is 9. The summed E-state index contributed by atoms with van der Waals surface area (Å²) in [6, 6.07) is -2.49. The van der Waals surface area contributed by atoms with Gasteiger partial charge in [-0.2, -0.15) is 0 Å². The van der Waals surface area contributed by atoms with Crippen molar-refractivity contribution in [1.82, 2.24) is 47.5 Å². The van der Waals surface area contributed by atoms with E-state index in [4.69, 9.17) is 28.0 Å². The number of nitrogens with two attached hydrogens (primary N) is 4. The van der Waals surface area contributed by atoms with Gasteiger partial charge in [0.2, 0.25) is 53.2 Å². The number of fused-ring (bicyclic) bond motifs is 1. The number of benzene rings is 2. The molecule has 1 aromatic heterocycles. The minimum absolute atomic E-state index is 0.0139. The van der Waals surface area contributed by atoms with Gasteiger partial charge < -0.3 is 96.0 Å². The molecular formula is C51H72N14O17. The second kappa shape index (κ2) is 32.6. The second-order valence-electron chi connectivity index (χ2n) is 19.2. The normalized spacial score (nSPS) is 14.6. The molecule has 0 saturated carbocycles. The number of phenolic OH excluding ortho intramolecular Hbond substituents is 1. The first-order valence-electron chi connectivity index (χ1n) is 25.8. The van der Waals surface area contributed by atoms with Gasteiger partial charge >= 0.3 is 17.9 Å². The number of nitrogens with zero attached hydrogens (tertiary/aromatic N) is 1. The molecule has 0 unspecified atom stereocenters. The number of rotatable bonds is 35. The Morgan fingerprint density at radius 3 is 1.71 bits per heavy atom. The molecule has 0 saturated heterocycles. The molecule has 1 heterocycles. The number of aliphatic hydroxyl groups is 1. The number of hydrogen-bond donors (Lipinski definition) is 18. The Hall–Kier alpha value is -9.39. The van der Waals surface area contributed by atoms with Crippen molar-refractivity contribution in [3.8, 4) is 5.75 Å². The van der Waals surface area contributed by atoms with Crippen LogP contribution in [0.4, 0.5) is 0 Å². The van der Waals surface area contributed by atoms with E-state index >= 15 is 0 Å². The number of aromatic hydroxyl groups is 1. The van der Waals surface area contributed by atoms with Crippen LogP contribution in [0.1, 0.15) is 76.8 Å². The molecular weight excluding hydrogens is 1080 g/mol. The summed E-state index contributed by atoms with van der Waals surface area (Å²) >= 11 is 0. The quantitative estimate of drug-likeness (QED) is 0.0149. The van der Waals surface area contributed by atoms with Gasteiger partial charge in [-0.3, -0.25) is 57.7 Å². The van der Waals surface area contributed by atoms with Gasteiger partial charge in [-0.1, -0.05) is 50.6 Å². The minimum atomic E-state index is -1.89. The SMILES string of the molecule is CC[C@H](C)[C@H](NC(=O)[C@H](CCC(=O)O)NC(=O)[C@H](CC(N)=O)NC(=O)[C@H](Cc1c[nH]c2ccccc12)NC(=O)[C@H](CCCN=C(N)N)NC(=O)[C@H](C)NC(=O)[C@H](CO)NC(=O)[C@H](Cc1ccc(O)cc1)NC(=O)[C@@H](N)CC(=O)O)C(=O)O. The number of aliphatic carboxylic acids is 3. The van der Waals surface area contributed by atoms with Crippen molar-refractivity contribution in [2.75, 3.05) is 13.2 Å². The van der Waals surface area contributed by atoms with Crippen molar-refractivity contribution in [2.24, 2.45) is 33.8 Å². The van der Waals surface area contributed by atoms with Gasteiger partial charge in [0.15, 0.2) is 5.96 Å². The number of nitrogens with one attached hydrogen (secondary N) is 9. The lowest BCUT2D eigenvalue weighted by molar-refractivity contribution is -0.144. The Labute approximate surface area is 468 Å². The minimum Gasteiger partial charge on any atom is -0.508 e. The predicted octanol–water partition coefficient (Wildman–Crippen LogP) is -4.72. The molecule has 31 heteroatoms. The number of aromatic nitrogens is 1. The number of aromatic amines is 1. The molecule has 0 bridgehead atoms. The van der Waals surface area contributed by atoms with Gasteiger partial charge in [0.25, 0.3) is 0 Å². The fraction of sp³-hybridized carbons (Fsp3) is 0.471. The number of hydrogen-bond acceptors (Lipinski definition) is 16. The molecule has 2 aromatic carbocycles. The summed E-state index contributed by atoms with van der Waals surface area (Å²) in [7, 11) is 0. The third-order valence-corrected chi connectivity index (χ3v) is 12.7. The van der Waals surface area contributed by atoms with Crippen molar-refractivity contribution in [3.63, 3.8) is 0 Å². The van der Waals surface area contributed by atoms with Crippen molar-refractivity contribution >= 4 is 87.9 Å². The third kappa shape index (κ3) is 22.0. The Morgan fingerprint density at radius 1 is 0.598 bits per heavy atom. The summed E-state index contributed by atoms with van der Waals surface area (Å²) in [5, 5.41) is 67.7. The molecule has 0 spiro atoms. The average molecular weight is 1150 g/mol. The largest absolute Gasteiger partial charge is 0.508 e. The lowest BCUT2D eigenvalue weighted by Gasteiger charge is -2.27. The number of carbonyl (C=O) groups is 12. The standard InChI is InChI=1S/C51H72N14O17/c1-4-24(2)41(50(81)82)65-45(76)33(15-16-39(69)70)60-48(79)36(21-38(53)68)63-47(78)35(19-27-22-57-31-9-6-5-8-29(27)31)62-44(75)32(10-7-17-56-51(54)55)59-42(73)25(3)58-49(80)37(23-66)64-46(77)34(18-26-11-13-28(67)14-12-26)61-43(74)30(52)20-40(71)72/h5-6,8-9,11-14,22,24-25,30,32-37,41,57,66-67H,4,7,10,15-21,23,52H2,1-3H3,(H2,53,68)(H,58,80)(H,59,73)(H,60,79)(H,61,74)(H,62,75)(H,63,78)(H,64,77)(H,65,76)(H,69,70)(H,71,72)(H,81,82)(H4,54,55,56)/t24-,25-,30-,32-,33-,34-,35-,36-,37-,41-/m0/s1. The number of guanidine groups is 1. The van der Waals surface area contributed by atoms with Crippen LogP contribution in [0.25, 0.3) is 10.9 Å². The first-order chi connectivity index (χ1) is 38.6. The molecule has 0 aliphatic carbocycles. The predicted molar refractivity (Wildman–Crippen MR) is 290 cm³/mol. The van der Waals surface area contributed by atoms with Gasteiger partial charge in [-0.25, -0.2) is 4.79 Å². The molecule has 82 heavy (non-hydrogen) atoms. The monoisotopic (exact) mass is 1150 g/mol. The number of amides is 9. The maximum absolute atomic E-state index is 14.5. The summed E-state index contributed by atoms with van der Waals surface area (Å²) in [6.45, 7) is 3.25. The van der Waals surface area contributed by atoms with E-state index in [1.807, 2.05) is 0 Å². The van der Waals surface area contributed by atoms with E-state index in [0.29, 0.717) is 28.5 Å². The molecule has 0 aliphatic heterocycles. The molecule has 448 valence electrons. The summed E-state index contributed by atoms with van der Waals surface area (Å²) in [4.78, 5) is 164. The molecule has 0 fully saturated rings. The third-order valence-electron chi connectivity index (χ3n) is 12.7. The molecule has 10 atom stereocenters. The number of H-pyrrole nitrogens is 1. The Bertz CT molecular complexity index is 2810. The van der Waals surface area contributed by atoms with Crippen LogP contribution in [0, 0.1) is 5.92 Å². The molecule has 0 radical (unpaired) electrons. The second-order valence-corrected chi connectivity index (χ2v) is 19.2. The van der Waals surface area contributed by atoms with E-state index < -0.39 is 164 Å². The van der Waals surface area contributed by atoms with Crippen molar-refractivity contribution in [2.45, 2.75) is 133 Å². The zero-order valence-corrected chi connectivity index (χ0v) is 45.1. The summed E-state index contributed by atoms with van der Waals surface area (Å²) in [5.41, 5.74) is 23.6. The first-order valence-corrected chi connectivity index (χ1v) is 25.8. The number of carboxylic acid groups (broad SMARTS) is 3. The molecule has 22 N–H and O–H groups in total. The van der Waals surface area contributed by atoms with Gasteiger partial charge in [0.1, 0.15) is 54.1 Å². The molecule has 9 amide bonds. The van der Waals surface area contributed by atoms with Crippen LogP contribution < -0.4 is 65.5 Å². The highest BCUT2D eigenvalue weighted by Gasteiger charge is 2.36. The van der Waals surface area contributed by atoms with E-state index in [1.165, 1.54) is 44.3 Å². The van der Waals surface area contributed by atoms with Crippen LogP contribution in [-0.4, -0.2) is 175 Å². The van der Waals surface area contributed by atoms with Crippen LogP contribution in [0.5, 0.6) is 5.75 Å². The Balaban J connectivity index is 1.94. The van der Waals surface area contributed by atoms with Gasteiger partial charge in [-0.05, 0) is 61.4 Å². The molecule has 3 aromatic rings. The summed E-state index contributed by atoms with van der Waals surface area (Å²) in [6.07, 6.45) is -1.95. The fourth-order valence-electron chi connectivity index (χ4n) is 7.98. The van der Waals surface area contributed by atoms with E-state index in [-0.39, 0.29) is 43.9 Å². The highest BCUT2D eigenvalue weighted by molar-refractivity contribution is 5.99. The van der Waals surface area contributed by atoms with Gasteiger partial charge in [0, 0.05) is 42.9 Å². The highest BCUT2D eigenvalue weighted by atomic mass is 16.4. The van der Waals surface area contributed by atoms with Crippen LogP contribution in [0.2, 0.25) is 0 Å². The first kappa shape index (κ1) is 66.9. The van der Waals surface area contributed by atoms with E-state index in [9.17, 15) is 78.0 Å². The number of carboxylic acids is 3. The number of primary amides is 1.